The summed E-state index contributed by atoms with van der Waals surface area (Å²) in [4.78, 5) is 10.0. The van der Waals surface area contributed by atoms with Crippen molar-refractivity contribution in [3.63, 3.8) is 0 Å². The first kappa shape index (κ1) is 10.5. The Bertz CT molecular complexity index is 669. The second-order valence-corrected chi connectivity index (χ2v) is 5.03. The number of rotatable bonds is 2. The number of halogens is 1. The summed E-state index contributed by atoms with van der Waals surface area (Å²) < 4.78 is 13.1. The molecule has 4 heteroatoms. The van der Waals surface area contributed by atoms with Gasteiger partial charge >= 0.3 is 0 Å². The highest BCUT2D eigenvalue weighted by atomic mass is 32.1. The number of H-pyrrole nitrogens is 1. The lowest BCUT2D eigenvalue weighted by atomic mass is 10.3. The molecule has 2 aromatic heterocycles. The number of fused-ring (bicyclic) bond motifs is 1. The summed E-state index contributed by atoms with van der Waals surface area (Å²) in [5.74, 6) is 0.573. The van der Waals surface area contributed by atoms with Crippen LogP contribution in [0.2, 0.25) is 0 Å². The van der Waals surface area contributed by atoms with Gasteiger partial charge in [-0.15, -0.1) is 11.3 Å². The molecule has 1 N–H and O–H groups in total. The molecular weight excluding hydrogens is 235 g/mol. The first-order valence-electron chi connectivity index (χ1n) is 5.50. The number of aromatic nitrogens is 2. The van der Waals surface area contributed by atoms with Crippen LogP contribution in [0.1, 0.15) is 11.8 Å². The smallest absolute Gasteiger partial charge is 0.148 e. The predicted molar refractivity (Wildman–Crippen MR) is 68.7 cm³/mol. The van der Waals surface area contributed by atoms with Crippen LogP contribution in [0.3, 0.4) is 0 Å². The zero-order chi connectivity index (χ0) is 11.8. The van der Waals surface area contributed by atoms with Gasteiger partial charge in [-0.2, -0.15) is 0 Å². The van der Waals surface area contributed by atoms with E-state index in [1.54, 1.807) is 17.4 Å². The molecule has 17 heavy (non-hydrogen) atoms. The Balaban J connectivity index is 2.11. The van der Waals surface area contributed by atoms with Gasteiger partial charge in [-0.3, -0.25) is 0 Å². The zero-order valence-corrected chi connectivity index (χ0v) is 10.1. The highest BCUT2D eigenvalue weighted by Crippen LogP contribution is 2.28. The van der Waals surface area contributed by atoms with E-state index >= 15 is 0 Å². The zero-order valence-electron chi connectivity index (χ0n) is 9.33. The van der Waals surface area contributed by atoms with Crippen molar-refractivity contribution in [2.75, 3.05) is 0 Å². The number of nitrogens with zero attached hydrogens (tertiary/aromatic N) is 1. The van der Waals surface area contributed by atoms with Gasteiger partial charge in [0, 0.05) is 4.88 Å². The number of hydrogen-bond acceptors (Lipinski definition) is 2. The number of thiophene rings is 1. The summed E-state index contributed by atoms with van der Waals surface area (Å²) >= 11 is 1.72. The fourth-order valence-electron chi connectivity index (χ4n) is 1.79. The molecule has 0 aliphatic carbocycles. The van der Waals surface area contributed by atoms with Crippen LogP contribution in [0, 0.1) is 5.82 Å². The van der Waals surface area contributed by atoms with Gasteiger partial charge in [0.15, 0.2) is 0 Å². The molecule has 3 aromatic rings. The molecule has 0 aliphatic heterocycles. The first-order valence-corrected chi connectivity index (χ1v) is 6.32. The van der Waals surface area contributed by atoms with E-state index in [1.165, 1.54) is 17.0 Å². The SMILES string of the molecule is CCc1ccc(-c2nc3ccc(F)cc3[nH]2)s1. The number of nitrogens with one attached hydrogen (secondary N) is 1. The van der Waals surface area contributed by atoms with Crippen molar-refractivity contribution < 1.29 is 4.39 Å². The lowest BCUT2D eigenvalue weighted by Gasteiger charge is -1.88. The summed E-state index contributed by atoms with van der Waals surface area (Å²) in [5, 5.41) is 0. The molecule has 0 saturated carbocycles. The van der Waals surface area contributed by atoms with Gasteiger partial charge in [-0.25, -0.2) is 9.37 Å². The van der Waals surface area contributed by atoms with E-state index in [0.717, 1.165) is 28.2 Å². The Kier molecular flexibility index (Phi) is 2.44. The highest BCUT2D eigenvalue weighted by Gasteiger charge is 2.08. The molecule has 0 spiro atoms. The quantitative estimate of drug-likeness (QED) is 0.727. The van der Waals surface area contributed by atoms with Crippen LogP contribution in [-0.2, 0) is 6.42 Å². The molecule has 2 nitrogen and oxygen atoms in total. The molecule has 0 unspecified atom stereocenters. The largest absolute Gasteiger partial charge is 0.337 e. The van der Waals surface area contributed by atoms with E-state index in [1.807, 2.05) is 0 Å². The Labute approximate surface area is 102 Å². The third-order valence-electron chi connectivity index (χ3n) is 2.69. The lowest BCUT2D eigenvalue weighted by molar-refractivity contribution is 0.629. The minimum atomic E-state index is -0.242. The van der Waals surface area contributed by atoms with Gasteiger partial charge in [-0.05, 0) is 36.8 Å². The maximum Gasteiger partial charge on any atom is 0.148 e. The molecule has 86 valence electrons. The van der Waals surface area contributed by atoms with Gasteiger partial charge in [0.25, 0.3) is 0 Å². The van der Waals surface area contributed by atoms with Gasteiger partial charge in [0.1, 0.15) is 11.6 Å². The number of aromatic amines is 1. The molecule has 0 bridgehead atoms. The van der Waals surface area contributed by atoms with E-state index in [4.69, 9.17) is 0 Å². The van der Waals surface area contributed by atoms with Gasteiger partial charge in [0.05, 0.1) is 15.9 Å². The number of imidazole rings is 1. The van der Waals surface area contributed by atoms with Crippen LogP contribution < -0.4 is 0 Å². The molecule has 2 heterocycles. The Morgan fingerprint density at radius 2 is 2.18 bits per heavy atom. The van der Waals surface area contributed by atoms with E-state index in [9.17, 15) is 4.39 Å². The van der Waals surface area contributed by atoms with Crippen LogP contribution in [0.25, 0.3) is 21.7 Å². The average Bonchev–Trinajstić information content (AvgIpc) is 2.93. The summed E-state index contributed by atoms with van der Waals surface area (Å²) in [6.45, 7) is 2.13. The molecule has 0 saturated heterocycles. The number of aryl methyl sites for hydroxylation is 1. The standard InChI is InChI=1S/C13H11FN2S/c1-2-9-4-6-12(17-9)13-15-10-5-3-8(14)7-11(10)16-13/h3-7H,2H2,1H3,(H,15,16). The van der Waals surface area contributed by atoms with Crippen LogP contribution in [0.15, 0.2) is 30.3 Å². The van der Waals surface area contributed by atoms with Gasteiger partial charge in [-0.1, -0.05) is 6.92 Å². The minimum Gasteiger partial charge on any atom is -0.337 e. The van der Waals surface area contributed by atoms with Crippen LogP contribution in [0.5, 0.6) is 0 Å². The average molecular weight is 246 g/mol. The summed E-state index contributed by atoms with van der Waals surface area (Å²) in [5.41, 5.74) is 1.54. The molecule has 3 rings (SSSR count). The maximum absolute atomic E-state index is 13.1. The van der Waals surface area contributed by atoms with E-state index < -0.39 is 0 Å². The third-order valence-corrected chi connectivity index (χ3v) is 3.92. The number of benzene rings is 1. The van der Waals surface area contributed by atoms with E-state index in [-0.39, 0.29) is 5.82 Å². The van der Waals surface area contributed by atoms with Crippen LogP contribution in [-0.4, -0.2) is 9.97 Å². The van der Waals surface area contributed by atoms with Crippen LogP contribution in [0.4, 0.5) is 4.39 Å². The monoisotopic (exact) mass is 246 g/mol. The lowest BCUT2D eigenvalue weighted by Crippen LogP contribution is -1.73. The van der Waals surface area contributed by atoms with Crippen molar-refractivity contribution in [2.45, 2.75) is 13.3 Å². The van der Waals surface area contributed by atoms with Crippen molar-refractivity contribution in [3.8, 4) is 10.7 Å². The third kappa shape index (κ3) is 1.85. The van der Waals surface area contributed by atoms with Crippen molar-refractivity contribution in [2.24, 2.45) is 0 Å². The molecule has 0 fully saturated rings. The molecule has 0 atom stereocenters. The Morgan fingerprint density at radius 1 is 1.29 bits per heavy atom. The second-order valence-electron chi connectivity index (χ2n) is 3.87. The Morgan fingerprint density at radius 3 is 2.94 bits per heavy atom. The van der Waals surface area contributed by atoms with Crippen LogP contribution >= 0.6 is 11.3 Å². The maximum atomic E-state index is 13.1. The minimum absolute atomic E-state index is 0.242. The van der Waals surface area contributed by atoms with E-state index in [2.05, 4.69) is 29.0 Å². The summed E-state index contributed by atoms with van der Waals surface area (Å²) in [6.07, 6.45) is 1.03. The molecule has 0 radical (unpaired) electrons. The molecule has 0 aliphatic rings. The van der Waals surface area contributed by atoms with Crippen molar-refractivity contribution in [3.05, 3.63) is 41.0 Å². The van der Waals surface area contributed by atoms with Crippen molar-refractivity contribution in [1.82, 2.24) is 9.97 Å². The first-order chi connectivity index (χ1) is 8.26. The number of hydrogen-bond donors (Lipinski definition) is 1. The van der Waals surface area contributed by atoms with Gasteiger partial charge in [0.2, 0.25) is 0 Å². The van der Waals surface area contributed by atoms with Crippen molar-refractivity contribution >= 4 is 22.4 Å². The topological polar surface area (TPSA) is 28.7 Å². The van der Waals surface area contributed by atoms with E-state index in [0.29, 0.717) is 0 Å². The predicted octanol–water partition coefficient (Wildman–Crippen LogP) is 3.99. The molecule has 0 amide bonds. The fraction of sp³-hybridized carbons (Fsp3) is 0.154. The second kappa shape index (κ2) is 3.96. The molecular formula is C13H11FN2S. The normalized spacial score (nSPS) is 11.2. The summed E-state index contributed by atoms with van der Waals surface area (Å²) in [6, 6.07) is 8.75. The molecule has 1 aromatic carbocycles. The summed E-state index contributed by atoms with van der Waals surface area (Å²) in [7, 11) is 0. The fourth-order valence-corrected chi connectivity index (χ4v) is 2.69. The highest BCUT2D eigenvalue weighted by molar-refractivity contribution is 7.15. The van der Waals surface area contributed by atoms with Crippen molar-refractivity contribution in [1.29, 1.82) is 0 Å². The Hall–Kier alpha value is -1.68. The van der Waals surface area contributed by atoms with Gasteiger partial charge < -0.3 is 4.98 Å².